The highest BCUT2D eigenvalue weighted by Gasteiger charge is 2.10. The first kappa shape index (κ1) is 13.0. The summed E-state index contributed by atoms with van der Waals surface area (Å²) in [5.41, 5.74) is 0. The third kappa shape index (κ3) is 6.91. The molecule has 1 saturated carbocycles. The largest absolute Gasteiger partial charge is 0.382 e. The maximum absolute atomic E-state index is 5.31. The normalized spacial score (nSPS) is 19.0. The van der Waals surface area contributed by atoms with Crippen LogP contribution in [0.15, 0.2) is 0 Å². The van der Waals surface area contributed by atoms with Crippen LogP contribution >= 0.6 is 0 Å². The van der Waals surface area contributed by atoms with Gasteiger partial charge in [0.25, 0.3) is 0 Å². The summed E-state index contributed by atoms with van der Waals surface area (Å²) in [6.07, 6.45) is 9.86. The molecule has 0 aromatic heterocycles. The van der Waals surface area contributed by atoms with E-state index in [1.165, 1.54) is 45.1 Å². The van der Waals surface area contributed by atoms with Crippen molar-refractivity contribution in [1.29, 1.82) is 0 Å². The molecule has 0 bridgehead atoms. The van der Waals surface area contributed by atoms with E-state index >= 15 is 0 Å². The average Bonchev–Trinajstić information content (AvgIpc) is 2.52. The van der Waals surface area contributed by atoms with Crippen molar-refractivity contribution in [3.05, 3.63) is 0 Å². The van der Waals surface area contributed by atoms with Crippen LogP contribution in [0.2, 0.25) is 0 Å². The molecule has 0 atom stereocenters. The fourth-order valence-corrected chi connectivity index (χ4v) is 2.32. The molecule has 0 unspecified atom stereocenters. The van der Waals surface area contributed by atoms with E-state index in [1.54, 1.807) is 0 Å². The van der Waals surface area contributed by atoms with E-state index in [4.69, 9.17) is 4.74 Å². The summed E-state index contributed by atoms with van der Waals surface area (Å²) >= 11 is 0. The van der Waals surface area contributed by atoms with Gasteiger partial charge in [-0.25, -0.2) is 0 Å². The molecule has 0 aromatic rings. The van der Waals surface area contributed by atoms with E-state index in [1.807, 2.05) is 0 Å². The van der Waals surface area contributed by atoms with Gasteiger partial charge in [-0.3, -0.25) is 0 Å². The molecule has 0 saturated heterocycles. The number of ether oxygens (including phenoxy) is 1. The van der Waals surface area contributed by atoms with Crippen molar-refractivity contribution in [3.63, 3.8) is 0 Å². The van der Waals surface area contributed by atoms with Gasteiger partial charge >= 0.3 is 0 Å². The molecule has 1 rings (SSSR count). The predicted molar refractivity (Wildman–Crippen MR) is 65.2 cm³/mol. The summed E-state index contributed by atoms with van der Waals surface area (Å²) in [5, 5.41) is 3.56. The Bertz CT molecular complexity index is 130. The van der Waals surface area contributed by atoms with E-state index in [0.717, 1.165) is 32.1 Å². The van der Waals surface area contributed by atoms with E-state index < -0.39 is 0 Å². The number of rotatable bonds is 7. The van der Waals surface area contributed by atoms with Crippen LogP contribution in [0, 0.1) is 5.92 Å². The van der Waals surface area contributed by atoms with E-state index in [9.17, 15) is 0 Å². The highest BCUT2D eigenvalue weighted by atomic mass is 16.5. The van der Waals surface area contributed by atoms with Gasteiger partial charge in [-0.15, -0.1) is 0 Å². The Balaban J connectivity index is 1.89. The first-order valence-corrected chi connectivity index (χ1v) is 6.72. The second kappa shape index (κ2) is 9.17. The van der Waals surface area contributed by atoms with Crippen LogP contribution < -0.4 is 5.32 Å². The van der Waals surface area contributed by atoms with Gasteiger partial charge in [0.15, 0.2) is 0 Å². The summed E-state index contributed by atoms with van der Waals surface area (Å²) in [4.78, 5) is 0. The summed E-state index contributed by atoms with van der Waals surface area (Å²) in [7, 11) is 0. The Labute approximate surface area is 94.8 Å². The Morgan fingerprint density at radius 3 is 2.53 bits per heavy atom. The molecule has 1 N–H and O–H groups in total. The summed E-state index contributed by atoms with van der Waals surface area (Å²) < 4.78 is 5.31. The molecule has 0 radical (unpaired) electrons. The second-order valence-corrected chi connectivity index (χ2v) is 4.61. The van der Waals surface area contributed by atoms with Gasteiger partial charge in [0.2, 0.25) is 0 Å². The van der Waals surface area contributed by atoms with E-state index in [-0.39, 0.29) is 0 Å². The lowest BCUT2D eigenvalue weighted by atomic mass is 10.0. The lowest BCUT2D eigenvalue weighted by Crippen LogP contribution is -2.24. The average molecular weight is 213 g/mol. The highest BCUT2D eigenvalue weighted by molar-refractivity contribution is 4.66. The lowest BCUT2D eigenvalue weighted by molar-refractivity contribution is 0.144. The molecule has 0 amide bonds. The molecule has 2 nitrogen and oxygen atoms in total. The first-order chi connectivity index (χ1) is 7.43. The van der Waals surface area contributed by atoms with E-state index in [0.29, 0.717) is 0 Å². The van der Waals surface area contributed by atoms with Crippen molar-refractivity contribution in [2.24, 2.45) is 5.92 Å². The fraction of sp³-hybridized carbons (Fsp3) is 1.00. The number of hydrogen-bond acceptors (Lipinski definition) is 2. The summed E-state index contributed by atoms with van der Waals surface area (Å²) in [6, 6.07) is 0. The molecular formula is C13H27NO. The molecule has 2 heteroatoms. The van der Waals surface area contributed by atoms with Crippen LogP contribution in [-0.4, -0.2) is 26.3 Å². The fourth-order valence-electron chi connectivity index (χ4n) is 2.32. The molecule has 0 spiro atoms. The Kier molecular flexibility index (Phi) is 7.94. The molecule has 15 heavy (non-hydrogen) atoms. The maximum atomic E-state index is 5.31. The Hall–Kier alpha value is -0.0800. The third-order valence-electron chi connectivity index (χ3n) is 3.25. The highest BCUT2D eigenvalue weighted by Crippen LogP contribution is 2.21. The van der Waals surface area contributed by atoms with Crippen molar-refractivity contribution in [2.75, 3.05) is 26.3 Å². The van der Waals surface area contributed by atoms with Crippen LogP contribution in [0.5, 0.6) is 0 Å². The number of nitrogens with one attached hydrogen (secondary N) is 1. The molecule has 0 aliphatic heterocycles. The van der Waals surface area contributed by atoms with Gasteiger partial charge in [0.05, 0.1) is 0 Å². The maximum Gasteiger partial charge on any atom is 0.0477 e. The molecule has 0 heterocycles. The SMILES string of the molecule is CCOCCCNCC1CCCCCC1. The quantitative estimate of drug-likeness (QED) is 0.518. The van der Waals surface area contributed by atoms with Gasteiger partial charge in [-0.1, -0.05) is 25.7 Å². The standard InChI is InChI=1S/C13H27NO/c1-2-15-11-7-10-14-12-13-8-5-3-4-6-9-13/h13-14H,2-12H2,1H3. The topological polar surface area (TPSA) is 21.3 Å². The Morgan fingerprint density at radius 2 is 1.87 bits per heavy atom. The smallest absolute Gasteiger partial charge is 0.0477 e. The minimum atomic E-state index is 0.850. The molecule has 1 aliphatic carbocycles. The van der Waals surface area contributed by atoms with Crippen LogP contribution in [0.1, 0.15) is 51.9 Å². The minimum Gasteiger partial charge on any atom is -0.382 e. The molecule has 1 aliphatic rings. The first-order valence-electron chi connectivity index (χ1n) is 6.72. The summed E-state index contributed by atoms with van der Waals surface area (Å²) in [5.74, 6) is 0.944. The van der Waals surface area contributed by atoms with Gasteiger partial charge in [-0.2, -0.15) is 0 Å². The summed E-state index contributed by atoms with van der Waals surface area (Å²) in [6.45, 7) is 6.17. The predicted octanol–water partition coefficient (Wildman–Crippen LogP) is 2.97. The van der Waals surface area contributed by atoms with Gasteiger partial charge in [0.1, 0.15) is 0 Å². The molecular weight excluding hydrogens is 186 g/mol. The molecule has 90 valence electrons. The van der Waals surface area contributed by atoms with Crippen LogP contribution in [0.3, 0.4) is 0 Å². The van der Waals surface area contributed by atoms with Gasteiger partial charge in [-0.05, 0) is 45.2 Å². The zero-order chi connectivity index (χ0) is 10.8. The van der Waals surface area contributed by atoms with Crippen molar-refractivity contribution in [1.82, 2.24) is 5.32 Å². The van der Waals surface area contributed by atoms with Crippen molar-refractivity contribution < 1.29 is 4.74 Å². The van der Waals surface area contributed by atoms with Crippen LogP contribution in [-0.2, 0) is 4.74 Å². The van der Waals surface area contributed by atoms with Gasteiger partial charge < -0.3 is 10.1 Å². The third-order valence-corrected chi connectivity index (χ3v) is 3.25. The van der Waals surface area contributed by atoms with Crippen LogP contribution in [0.25, 0.3) is 0 Å². The Morgan fingerprint density at radius 1 is 1.13 bits per heavy atom. The zero-order valence-electron chi connectivity index (χ0n) is 10.3. The van der Waals surface area contributed by atoms with E-state index in [2.05, 4.69) is 12.2 Å². The zero-order valence-corrected chi connectivity index (χ0v) is 10.3. The number of hydrogen-bond donors (Lipinski definition) is 1. The molecule has 1 fully saturated rings. The second-order valence-electron chi connectivity index (χ2n) is 4.61. The lowest BCUT2D eigenvalue weighted by Gasteiger charge is -2.14. The minimum absolute atomic E-state index is 0.850. The van der Waals surface area contributed by atoms with Crippen molar-refractivity contribution >= 4 is 0 Å². The van der Waals surface area contributed by atoms with Crippen molar-refractivity contribution in [3.8, 4) is 0 Å². The van der Waals surface area contributed by atoms with Gasteiger partial charge in [0, 0.05) is 13.2 Å². The monoisotopic (exact) mass is 213 g/mol. The molecule has 0 aromatic carbocycles. The van der Waals surface area contributed by atoms with Crippen LogP contribution in [0.4, 0.5) is 0 Å². The van der Waals surface area contributed by atoms with Crippen molar-refractivity contribution in [2.45, 2.75) is 51.9 Å².